The maximum absolute atomic E-state index is 10.5. The van der Waals surface area contributed by atoms with Crippen molar-refractivity contribution in [1.29, 1.82) is 0 Å². The van der Waals surface area contributed by atoms with Gasteiger partial charge in [-0.05, 0) is 12.8 Å². The molecule has 6 heteroatoms. The van der Waals surface area contributed by atoms with Crippen LogP contribution in [0, 0.1) is 0 Å². The average molecular weight is 290 g/mol. The van der Waals surface area contributed by atoms with Crippen LogP contribution >= 0.6 is 0 Å². The Morgan fingerprint density at radius 2 is 1.33 bits per heavy atom. The van der Waals surface area contributed by atoms with Crippen molar-refractivity contribution in [2.75, 3.05) is 0 Å². The van der Waals surface area contributed by atoms with Gasteiger partial charge in [0.1, 0.15) is 0 Å². The zero-order chi connectivity index (χ0) is 13.1. The monoisotopic (exact) mass is 290 g/mol. The molecule has 0 aromatic rings. The smallest absolute Gasteiger partial charge is 1.00 e. The van der Waals surface area contributed by atoms with Gasteiger partial charge in [0, 0.05) is 0 Å². The van der Waals surface area contributed by atoms with E-state index in [1.807, 2.05) is 0 Å². The Bertz CT molecular complexity index is 273. The van der Waals surface area contributed by atoms with E-state index in [1.165, 1.54) is 38.5 Å². The Hall–Kier alpha value is 0.870. The molecule has 0 aromatic carbocycles. The quantitative estimate of drug-likeness (QED) is 0.324. The summed E-state index contributed by atoms with van der Waals surface area (Å²) in [6.45, 7) is 2.19. The van der Waals surface area contributed by atoms with Gasteiger partial charge in [-0.2, -0.15) is 8.42 Å². The number of hydrogen-bond acceptors (Lipinski definition) is 3. The van der Waals surface area contributed by atoms with Crippen molar-refractivity contribution in [3.05, 3.63) is 0 Å². The van der Waals surface area contributed by atoms with E-state index in [-0.39, 0.29) is 37.4 Å². The fraction of sp³-hybridized carbons (Fsp3) is 1.00. The zero-order valence-corrected chi connectivity index (χ0v) is 14.6. The molecule has 1 unspecified atom stereocenters. The first-order valence-electron chi connectivity index (χ1n) is 6.63. The molecule has 0 aliphatic carbocycles. The fourth-order valence-corrected chi connectivity index (χ4v) is 2.24. The maximum Gasteiger partial charge on any atom is 1.00 e. The molecule has 0 saturated carbocycles. The molecule has 1 atom stereocenters. The molecule has 0 bridgehead atoms. The SMILES string of the molecule is CCCCCCCCCCCC(O)S(=O)(=O)O.[H-].[Na+]. The molecule has 0 saturated heterocycles. The number of aliphatic hydroxyl groups excluding tert-OH is 1. The molecule has 0 heterocycles. The van der Waals surface area contributed by atoms with E-state index in [1.54, 1.807) is 0 Å². The van der Waals surface area contributed by atoms with Gasteiger partial charge in [-0.3, -0.25) is 4.55 Å². The second kappa shape index (κ2) is 12.9. The van der Waals surface area contributed by atoms with Gasteiger partial charge in [-0.25, -0.2) is 0 Å². The summed E-state index contributed by atoms with van der Waals surface area (Å²) in [6, 6.07) is 0. The van der Waals surface area contributed by atoms with Crippen LogP contribution in [-0.2, 0) is 10.1 Å². The van der Waals surface area contributed by atoms with Gasteiger partial charge in [0.2, 0.25) is 0 Å². The van der Waals surface area contributed by atoms with Crippen molar-refractivity contribution in [2.24, 2.45) is 0 Å². The van der Waals surface area contributed by atoms with E-state index >= 15 is 0 Å². The van der Waals surface area contributed by atoms with E-state index < -0.39 is 15.6 Å². The molecular formula is C12H27NaO4S. The van der Waals surface area contributed by atoms with Gasteiger partial charge >= 0.3 is 29.6 Å². The molecule has 0 fully saturated rings. The standard InChI is InChI=1S/C12H26O4S.Na.H/c1-2-3-4-5-6-7-8-9-10-11-12(13)17(14,15)16;;/h12-13H,2-11H2,1H3,(H,14,15,16);;/q;+1;-1. The van der Waals surface area contributed by atoms with Crippen molar-refractivity contribution < 1.29 is 49.1 Å². The molecule has 4 nitrogen and oxygen atoms in total. The van der Waals surface area contributed by atoms with Gasteiger partial charge in [0.05, 0.1) is 0 Å². The van der Waals surface area contributed by atoms with Crippen LogP contribution in [0.3, 0.4) is 0 Å². The summed E-state index contributed by atoms with van der Waals surface area (Å²) < 4.78 is 29.5. The molecule has 2 N–H and O–H groups in total. The minimum absolute atomic E-state index is 0. The van der Waals surface area contributed by atoms with Crippen LogP contribution < -0.4 is 29.6 Å². The Kier molecular flexibility index (Phi) is 15.2. The molecule has 0 amide bonds. The second-order valence-corrected chi connectivity index (χ2v) is 6.16. The third-order valence-electron chi connectivity index (χ3n) is 2.90. The number of hydrogen-bond donors (Lipinski definition) is 2. The van der Waals surface area contributed by atoms with E-state index in [0.29, 0.717) is 6.42 Å². The molecule has 0 radical (unpaired) electrons. The first-order chi connectivity index (χ1) is 7.98. The Morgan fingerprint density at radius 3 is 1.72 bits per heavy atom. The fourth-order valence-electron chi connectivity index (χ4n) is 1.78. The van der Waals surface area contributed by atoms with Crippen LogP contribution in [0.15, 0.2) is 0 Å². The summed E-state index contributed by atoms with van der Waals surface area (Å²) >= 11 is 0. The van der Waals surface area contributed by atoms with E-state index in [4.69, 9.17) is 9.66 Å². The molecule has 0 aliphatic rings. The first kappa shape index (κ1) is 21.2. The summed E-state index contributed by atoms with van der Waals surface area (Å²) in [6.07, 6.45) is 10.3. The molecule has 0 spiro atoms. The van der Waals surface area contributed by atoms with Crippen molar-refractivity contribution in [3.8, 4) is 0 Å². The third-order valence-corrected chi connectivity index (χ3v) is 3.82. The average Bonchev–Trinajstić information content (AvgIpc) is 2.25. The van der Waals surface area contributed by atoms with Crippen LogP contribution in [0.4, 0.5) is 0 Å². The minimum Gasteiger partial charge on any atom is -1.00 e. The molecule has 18 heavy (non-hydrogen) atoms. The largest absolute Gasteiger partial charge is 1.00 e. The minimum atomic E-state index is -4.25. The predicted octanol–water partition coefficient (Wildman–Crippen LogP) is 0.230. The summed E-state index contributed by atoms with van der Waals surface area (Å²) in [4.78, 5) is 0. The second-order valence-electron chi connectivity index (χ2n) is 4.59. The van der Waals surface area contributed by atoms with Gasteiger partial charge < -0.3 is 6.53 Å². The van der Waals surface area contributed by atoms with Crippen molar-refractivity contribution >= 4 is 10.1 Å². The van der Waals surface area contributed by atoms with Crippen LogP contribution in [0.2, 0.25) is 0 Å². The van der Waals surface area contributed by atoms with Crippen molar-refractivity contribution in [3.63, 3.8) is 0 Å². The first-order valence-corrected chi connectivity index (χ1v) is 8.13. The van der Waals surface area contributed by atoms with E-state index in [9.17, 15) is 8.42 Å². The molecule has 0 aromatic heterocycles. The van der Waals surface area contributed by atoms with Crippen LogP contribution in [-0.4, -0.2) is 23.5 Å². The van der Waals surface area contributed by atoms with Gasteiger partial charge in [0.25, 0.3) is 10.1 Å². The van der Waals surface area contributed by atoms with E-state index in [2.05, 4.69) is 6.92 Å². The maximum atomic E-state index is 10.5. The van der Waals surface area contributed by atoms with Gasteiger partial charge in [-0.1, -0.05) is 58.3 Å². The topological polar surface area (TPSA) is 74.6 Å². The summed E-state index contributed by atoms with van der Waals surface area (Å²) in [5.74, 6) is 0. The summed E-state index contributed by atoms with van der Waals surface area (Å²) in [5, 5.41) is 9.05. The van der Waals surface area contributed by atoms with Crippen LogP contribution in [0.25, 0.3) is 0 Å². The molecule has 0 aliphatic heterocycles. The molecular weight excluding hydrogens is 263 g/mol. The normalized spacial score (nSPS) is 13.1. The number of unbranched alkanes of at least 4 members (excludes halogenated alkanes) is 8. The van der Waals surface area contributed by atoms with Gasteiger partial charge in [-0.15, -0.1) is 0 Å². The van der Waals surface area contributed by atoms with Crippen molar-refractivity contribution in [2.45, 2.75) is 76.6 Å². The number of aliphatic hydroxyl groups is 1. The molecule has 0 rings (SSSR count). The number of rotatable bonds is 11. The van der Waals surface area contributed by atoms with Crippen molar-refractivity contribution in [1.82, 2.24) is 0 Å². The Labute approximate surface area is 135 Å². The van der Waals surface area contributed by atoms with Crippen LogP contribution in [0.5, 0.6) is 0 Å². The predicted molar refractivity (Wildman–Crippen MR) is 70.5 cm³/mol. The zero-order valence-electron chi connectivity index (χ0n) is 12.8. The van der Waals surface area contributed by atoms with Crippen LogP contribution in [0.1, 0.15) is 72.6 Å². The summed E-state index contributed by atoms with van der Waals surface area (Å²) in [5.41, 5.74) is -1.60. The third kappa shape index (κ3) is 13.3. The molecule has 106 valence electrons. The summed E-state index contributed by atoms with van der Waals surface area (Å²) in [7, 11) is -4.25. The van der Waals surface area contributed by atoms with Gasteiger partial charge in [0.15, 0.2) is 5.44 Å². The Balaban J connectivity index is -0.00000128. The van der Waals surface area contributed by atoms with E-state index in [0.717, 1.165) is 12.8 Å². The Morgan fingerprint density at radius 1 is 0.944 bits per heavy atom.